The van der Waals surface area contributed by atoms with E-state index in [9.17, 15) is 8.42 Å². The largest absolute Gasteiger partial charge is 0.398 e. The Morgan fingerprint density at radius 1 is 1.37 bits per heavy atom. The Bertz CT molecular complexity index is 707. The molecule has 0 amide bonds. The van der Waals surface area contributed by atoms with Crippen molar-refractivity contribution in [3.05, 3.63) is 28.0 Å². The number of nitrogens with two attached hydrogens (primary N) is 1. The van der Waals surface area contributed by atoms with Gasteiger partial charge in [-0.3, -0.25) is 4.72 Å². The Labute approximate surface area is 123 Å². The van der Waals surface area contributed by atoms with Gasteiger partial charge in [0.1, 0.15) is 10.7 Å². The predicted molar refractivity (Wildman–Crippen MR) is 76.3 cm³/mol. The SMILES string of the molecule is Cc1nsc(NS(=O)(=O)c2c(N)cc(Cl)cc2Cl)n1. The van der Waals surface area contributed by atoms with Gasteiger partial charge >= 0.3 is 0 Å². The van der Waals surface area contributed by atoms with Gasteiger partial charge in [-0.1, -0.05) is 23.2 Å². The zero-order valence-corrected chi connectivity index (χ0v) is 12.7. The van der Waals surface area contributed by atoms with Crippen LogP contribution < -0.4 is 10.5 Å². The van der Waals surface area contributed by atoms with Crippen LogP contribution in [0, 0.1) is 6.92 Å². The van der Waals surface area contributed by atoms with Crippen molar-refractivity contribution in [3.8, 4) is 0 Å². The first-order chi connectivity index (χ1) is 8.79. The second-order valence-electron chi connectivity index (χ2n) is 3.56. The molecule has 3 N–H and O–H groups in total. The predicted octanol–water partition coefficient (Wildman–Crippen LogP) is 2.54. The molecule has 1 heterocycles. The van der Waals surface area contributed by atoms with Crippen LogP contribution in [0.4, 0.5) is 10.8 Å². The lowest BCUT2D eigenvalue weighted by molar-refractivity contribution is 0.601. The first-order valence-corrected chi connectivity index (χ1v) is 7.88. The maximum absolute atomic E-state index is 12.2. The number of nitrogen functional groups attached to an aromatic ring is 1. The summed E-state index contributed by atoms with van der Waals surface area (Å²) in [6.07, 6.45) is 0. The maximum Gasteiger partial charge on any atom is 0.267 e. The normalized spacial score (nSPS) is 11.5. The van der Waals surface area contributed by atoms with Crippen molar-refractivity contribution in [1.29, 1.82) is 0 Å². The number of nitrogens with one attached hydrogen (secondary N) is 1. The summed E-state index contributed by atoms with van der Waals surface area (Å²) in [4.78, 5) is 3.68. The first-order valence-electron chi connectivity index (χ1n) is 4.87. The van der Waals surface area contributed by atoms with Crippen molar-refractivity contribution in [3.63, 3.8) is 0 Å². The minimum absolute atomic E-state index is 0.0359. The fourth-order valence-corrected chi connectivity index (χ4v) is 4.16. The Balaban J connectivity index is 2.45. The van der Waals surface area contributed by atoms with E-state index in [1.54, 1.807) is 6.92 Å². The van der Waals surface area contributed by atoms with Crippen molar-refractivity contribution in [2.75, 3.05) is 10.5 Å². The summed E-state index contributed by atoms with van der Waals surface area (Å²) < 4.78 is 30.5. The number of anilines is 2. The van der Waals surface area contributed by atoms with Gasteiger partial charge < -0.3 is 5.73 Å². The molecule has 0 unspecified atom stereocenters. The molecule has 0 aliphatic rings. The Hall–Kier alpha value is -1.09. The van der Waals surface area contributed by atoms with E-state index >= 15 is 0 Å². The molecule has 2 aromatic rings. The van der Waals surface area contributed by atoms with E-state index < -0.39 is 10.0 Å². The van der Waals surface area contributed by atoms with Crippen molar-refractivity contribution in [2.24, 2.45) is 0 Å². The highest BCUT2D eigenvalue weighted by Gasteiger charge is 2.23. The summed E-state index contributed by atoms with van der Waals surface area (Å²) in [7, 11) is -3.94. The van der Waals surface area contributed by atoms with Crippen LogP contribution >= 0.6 is 34.7 Å². The Morgan fingerprint density at radius 2 is 2.05 bits per heavy atom. The molecule has 19 heavy (non-hydrogen) atoms. The fraction of sp³-hybridized carbons (Fsp3) is 0.111. The molecule has 2 rings (SSSR count). The topological polar surface area (TPSA) is 98.0 Å². The first kappa shape index (κ1) is 14.3. The number of nitrogens with zero attached hydrogens (tertiary/aromatic N) is 2. The lowest BCUT2D eigenvalue weighted by Crippen LogP contribution is -2.15. The smallest absolute Gasteiger partial charge is 0.267 e. The zero-order chi connectivity index (χ0) is 14.2. The van der Waals surface area contributed by atoms with Crippen LogP contribution in [-0.4, -0.2) is 17.8 Å². The quantitative estimate of drug-likeness (QED) is 0.838. The molecule has 0 radical (unpaired) electrons. The van der Waals surface area contributed by atoms with Crippen LogP contribution in [0.25, 0.3) is 0 Å². The summed E-state index contributed by atoms with van der Waals surface area (Å²) in [6.45, 7) is 1.65. The van der Waals surface area contributed by atoms with E-state index in [1.165, 1.54) is 12.1 Å². The number of aromatic nitrogens is 2. The number of benzene rings is 1. The molecule has 0 fully saturated rings. The molecule has 102 valence electrons. The van der Waals surface area contributed by atoms with Gasteiger partial charge in [-0.25, -0.2) is 13.4 Å². The van der Waals surface area contributed by atoms with E-state index in [-0.39, 0.29) is 25.8 Å². The third kappa shape index (κ3) is 3.08. The molecule has 0 spiro atoms. The second-order valence-corrected chi connectivity index (χ2v) is 6.77. The average Bonchev–Trinajstić information content (AvgIpc) is 2.60. The molecule has 0 saturated carbocycles. The minimum atomic E-state index is -3.94. The number of rotatable bonds is 3. The van der Waals surface area contributed by atoms with E-state index in [0.29, 0.717) is 5.82 Å². The van der Waals surface area contributed by atoms with Gasteiger partial charge in [0.2, 0.25) is 5.13 Å². The minimum Gasteiger partial charge on any atom is -0.398 e. The third-order valence-electron chi connectivity index (χ3n) is 2.06. The summed E-state index contributed by atoms with van der Waals surface area (Å²) in [5.41, 5.74) is 5.61. The van der Waals surface area contributed by atoms with Crippen LogP contribution in [0.3, 0.4) is 0 Å². The second kappa shape index (κ2) is 5.12. The maximum atomic E-state index is 12.2. The van der Waals surface area contributed by atoms with Crippen LogP contribution in [0.2, 0.25) is 10.0 Å². The van der Waals surface area contributed by atoms with Gasteiger partial charge in [-0.2, -0.15) is 4.37 Å². The van der Waals surface area contributed by atoms with Crippen LogP contribution in [0.5, 0.6) is 0 Å². The van der Waals surface area contributed by atoms with Crippen LogP contribution in [0.1, 0.15) is 5.82 Å². The Morgan fingerprint density at radius 3 is 2.58 bits per heavy atom. The fourth-order valence-electron chi connectivity index (χ4n) is 1.37. The Kier molecular flexibility index (Phi) is 3.86. The lowest BCUT2D eigenvalue weighted by Gasteiger charge is -2.10. The summed E-state index contributed by atoms with van der Waals surface area (Å²) in [6, 6.07) is 2.62. The van der Waals surface area contributed by atoms with Gasteiger partial charge in [0.05, 0.1) is 10.7 Å². The highest BCUT2D eigenvalue weighted by atomic mass is 35.5. The number of hydrogen-bond donors (Lipinski definition) is 2. The van der Waals surface area contributed by atoms with Gasteiger partial charge in [0.25, 0.3) is 10.0 Å². The molecule has 6 nitrogen and oxygen atoms in total. The van der Waals surface area contributed by atoms with Crippen LogP contribution in [0.15, 0.2) is 17.0 Å². The number of sulfonamides is 1. The number of aryl methyl sites for hydroxylation is 1. The van der Waals surface area contributed by atoms with Gasteiger partial charge in [-0.15, -0.1) is 0 Å². The van der Waals surface area contributed by atoms with Crippen molar-refractivity contribution in [2.45, 2.75) is 11.8 Å². The van der Waals surface area contributed by atoms with Crippen molar-refractivity contribution < 1.29 is 8.42 Å². The van der Waals surface area contributed by atoms with E-state index in [4.69, 9.17) is 28.9 Å². The molecule has 10 heteroatoms. The van der Waals surface area contributed by atoms with E-state index in [1.807, 2.05) is 0 Å². The van der Waals surface area contributed by atoms with Crippen LogP contribution in [-0.2, 0) is 10.0 Å². The van der Waals surface area contributed by atoms with Gasteiger partial charge in [-0.05, 0) is 19.1 Å². The molecule has 0 bridgehead atoms. The molecular formula is C9H8Cl2N4O2S2. The molecular weight excluding hydrogens is 331 g/mol. The number of halogens is 2. The zero-order valence-electron chi connectivity index (χ0n) is 9.52. The third-order valence-corrected chi connectivity index (χ3v) is 4.99. The molecule has 0 atom stereocenters. The van der Waals surface area contributed by atoms with E-state index in [0.717, 1.165) is 11.5 Å². The molecule has 0 aliphatic carbocycles. The number of hydrogen-bond acceptors (Lipinski definition) is 6. The highest BCUT2D eigenvalue weighted by molar-refractivity contribution is 7.93. The molecule has 0 saturated heterocycles. The average molecular weight is 339 g/mol. The highest BCUT2D eigenvalue weighted by Crippen LogP contribution is 2.32. The van der Waals surface area contributed by atoms with Gasteiger partial charge in [0, 0.05) is 16.6 Å². The lowest BCUT2D eigenvalue weighted by atomic mass is 10.3. The molecule has 0 aliphatic heterocycles. The summed E-state index contributed by atoms with van der Waals surface area (Å²) in [5, 5.41) is 0.342. The van der Waals surface area contributed by atoms with Gasteiger partial charge in [0.15, 0.2) is 0 Å². The monoisotopic (exact) mass is 338 g/mol. The molecule has 1 aromatic heterocycles. The summed E-state index contributed by atoms with van der Waals surface area (Å²) in [5.74, 6) is 0.470. The van der Waals surface area contributed by atoms with Crippen molar-refractivity contribution in [1.82, 2.24) is 9.36 Å². The van der Waals surface area contributed by atoms with Crippen molar-refractivity contribution >= 4 is 55.6 Å². The van der Waals surface area contributed by atoms with E-state index in [2.05, 4.69) is 14.1 Å². The summed E-state index contributed by atoms with van der Waals surface area (Å²) >= 11 is 12.5. The standard InChI is InChI=1S/C9H8Cl2N4O2S2/c1-4-13-9(18-14-4)15-19(16,17)8-6(11)2-5(10)3-7(8)12/h2-3H,12H2,1H3,(H,13,14,15). The molecule has 1 aromatic carbocycles.